The van der Waals surface area contributed by atoms with Gasteiger partial charge in [0.1, 0.15) is 5.82 Å². The van der Waals surface area contributed by atoms with E-state index in [1.807, 2.05) is 0 Å². The first kappa shape index (κ1) is 15.2. The van der Waals surface area contributed by atoms with E-state index in [0.29, 0.717) is 11.5 Å². The van der Waals surface area contributed by atoms with Crippen molar-refractivity contribution in [1.82, 2.24) is 14.8 Å². The van der Waals surface area contributed by atoms with Gasteiger partial charge in [0.05, 0.1) is 18.3 Å². The highest BCUT2D eigenvalue weighted by molar-refractivity contribution is 6.31. The Hall–Kier alpha value is -2.73. The van der Waals surface area contributed by atoms with E-state index in [0.717, 1.165) is 0 Å². The molecule has 0 atom stereocenters. The molecule has 1 amide bonds. The lowest BCUT2D eigenvalue weighted by atomic mass is 10.1. The normalized spacial score (nSPS) is 10.5. The number of nitrogens with zero attached hydrogens (tertiary/aromatic N) is 3. The van der Waals surface area contributed by atoms with Crippen LogP contribution in [-0.2, 0) is 11.2 Å². The Labute approximate surface area is 136 Å². The van der Waals surface area contributed by atoms with Crippen LogP contribution in [0.1, 0.15) is 5.56 Å². The van der Waals surface area contributed by atoms with Crippen LogP contribution in [0.4, 0.5) is 10.1 Å². The lowest BCUT2D eigenvalue weighted by molar-refractivity contribution is -0.115. The fourth-order valence-corrected chi connectivity index (χ4v) is 2.30. The quantitative estimate of drug-likeness (QED) is 0.799. The summed E-state index contributed by atoms with van der Waals surface area (Å²) in [4.78, 5) is 16.2. The largest absolute Gasteiger partial charge is 0.324 e. The molecular weight excluding hydrogens is 319 g/mol. The number of carbonyl (C=O) groups excluding carboxylic acids is 1. The van der Waals surface area contributed by atoms with Gasteiger partial charge >= 0.3 is 0 Å². The van der Waals surface area contributed by atoms with Crippen molar-refractivity contribution >= 4 is 23.2 Å². The maximum Gasteiger partial charge on any atom is 0.229 e. The highest BCUT2D eigenvalue weighted by Gasteiger charge is 2.12. The molecule has 3 aromatic rings. The molecule has 1 N–H and O–H groups in total. The number of halogens is 2. The molecule has 3 rings (SSSR count). The van der Waals surface area contributed by atoms with Gasteiger partial charge in [-0.3, -0.25) is 4.79 Å². The first-order valence-corrected chi connectivity index (χ1v) is 7.20. The van der Waals surface area contributed by atoms with Gasteiger partial charge in [-0.25, -0.2) is 14.1 Å². The smallest absolute Gasteiger partial charge is 0.229 e. The van der Waals surface area contributed by atoms with Crippen molar-refractivity contribution in [1.29, 1.82) is 0 Å². The van der Waals surface area contributed by atoms with Gasteiger partial charge < -0.3 is 5.32 Å². The molecule has 0 fully saturated rings. The Balaban J connectivity index is 1.68. The number of benzene rings is 1. The van der Waals surface area contributed by atoms with E-state index >= 15 is 0 Å². The fourth-order valence-electron chi connectivity index (χ4n) is 2.07. The highest BCUT2D eigenvalue weighted by Crippen LogP contribution is 2.20. The summed E-state index contributed by atoms with van der Waals surface area (Å²) in [5.41, 5.74) is 0.686. The number of hydrogen-bond acceptors (Lipinski definition) is 3. The van der Waals surface area contributed by atoms with Crippen molar-refractivity contribution in [2.45, 2.75) is 6.42 Å². The molecule has 1 aromatic carbocycles. The number of anilines is 1. The maximum absolute atomic E-state index is 13.7. The SMILES string of the molecule is O=C(Cc1c(F)cccc1Cl)Nc1ccc(-n2cccn2)nc1. The predicted octanol–water partition coefficient (Wildman–Crippen LogP) is 3.24. The molecule has 0 saturated heterocycles. The van der Waals surface area contributed by atoms with Crippen LogP contribution < -0.4 is 5.32 Å². The van der Waals surface area contributed by atoms with Gasteiger partial charge in [0, 0.05) is 23.0 Å². The predicted molar refractivity (Wildman–Crippen MR) is 85.1 cm³/mol. The Kier molecular flexibility index (Phi) is 4.34. The van der Waals surface area contributed by atoms with Gasteiger partial charge in [0.15, 0.2) is 5.82 Å². The topological polar surface area (TPSA) is 59.8 Å². The van der Waals surface area contributed by atoms with Crippen molar-refractivity contribution in [3.05, 3.63) is 71.4 Å². The molecule has 0 aliphatic rings. The van der Waals surface area contributed by atoms with E-state index in [1.54, 1.807) is 41.3 Å². The minimum atomic E-state index is -0.500. The van der Waals surface area contributed by atoms with Crippen LogP contribution in [0.2, 0.25) is 5.02 Å². The summed E-state index contributed by atoms with van der Waals surface area (Å²) in [6.07, 6.45) is 4.78. The van der Waals surface area contributed by atoms with Gasteiger partial charge in [-0.15, -0.1) is 0 Å². The molecular formula is C16H12ClFN4O. The second-order valence-corrected chi connectivity index (χ2v) is 5.19. The van der Waals surface area contributed by atoms with Crippen LogP contribution in [0.3, 0.4) is 0 Å². The number of hydrogen-bond donors (Lipinski definition) is 1. The van der Waals surface area contributed by atoms with Crippen LogP contribution in [0, 0.1) is 5.82 Å². The zero-order valence-electron chi connectivity index (χ0n) is 11.9. The number of aromatic nitrogens is 3. The average molecular weight is 331 g/mol. The summed E-state index contributed by atoms with van der Waals surface area (Å²) in [6.45, 7) is 0. The summed E-state index contributed by atoms with van der Waals surface area (Å²) < 4.78 is 15.3. The fraction of sp³-hybridized carbons (Fsp3) is 0.0625. The number of pyridine rings is 1. The zero-order chi connectivity index (χ0) is 16.2. The Morgan fingerprint density at radius 1 is 1.26 bits per heavy atom. The Bertz CT molecular complexity index is 798. The molecule has 2 heterocycles. The van der Waals surface area contributed by atoms with Crippen LogP contribution in [-0.4, -0.2) is 20.7 Å². The molecule has 23 heavy (non-hydrogen) atoms. The van der Waals surface area contributed by atoms with Crippen LogP contribution >= 0.6 is 11.6 Å². The van der Waals surface area contributed by atoms with Gasteiger partial charge in [0.2, 0.25) is 5.91 Å². The Morgan fingerprint density at radius 2 is 2.13 bits per heavy atom. The van der Waals surface area contributed by atoms with Gasteiger partial charge in [-0.1, -0.05) is 17.7 Å². The number of nitrogens with one attached hydrogen (secondary N) is 1. The van der Waals surface area contributed by atoms with Crippen molar-refractivity contribution in [2.75, 3.05) is 5.32 Å². The highest BCUT2D eigenvalue weighted by atomic mass is 35.5. The van der Waals surface area contributed by atoms with E-state index in [9.17, 15) is 9.18 Å². The molecule has 0 radical (unpaired) electrons. The average Bonchev–Trinajstić information content (AvgIpc) is 3.06. The lowest BCUT2D eigenvalue weighted by Gasteiger charge is -2.08. The van der Waals surface area contributed by atoms with Gasteiger partial charge in [-0.2, -0.15) is 5.10 Å². The summed E-state index contributed by atoms with van der Waals surface area (Å²) in [7, 11) is 0. The van der Waals surface area contributed by atoms with E-state index in [1.165, 1.54) is 18.3 Å². The molecule has 0 aliphatic heterocycles. The molecule has 7 heteroatoms. The van der Waals surface area contributed by atoms with Crippen LogP contribution in [0.15, 0.2) is 55.0 Å². The van der Waals surface area contributed by atoms with Crippen LogP contribution in [0.5, 0.6) is 0 Å². The Morgan fingerprint density at radius 3 is 2.78 bits per heavy atom. The van der Waals surface area contributed by atoms with E-state index < -0.39 is 5.82 Å². The summed E-state index contributed by atoms with van der Waals surface area (Å²) in [5, 5.41) is 6.95. The third-order valence-electron chi connectivity index (χ3n) is 3.17. The lowest BCUT2D eigenvalue weighted by Crippen LogP contribution is -2.15. The van der Waals surface area contributed by atoms with Crippen LogP contribution in [0.25, 0.3) is 5.82 Å². The standard InChI is InChI=1S/C16H12ClFN4O/c17-13-3-1-4-14(18)12(13)9-16(23)21-11-5-6-15(19-10-11)22-8-2-7-20-22/h1-8,10H,9H2,(H,21,23). The maximum atomic E-state index is 13.7. The second kappa shape index (κ2) is 6.58. The molecule has 0 saturated carbocycles. The zero-order valence-corrected chi connectivity index (χ0v) is 12.7. The van der Waals surface area contributed by atoms with Crippen molar-refractivity contribution < 1.29 is 9.18 Å². The van der Waals surface area contributed by atoms with Gasteiger partial charge in [0.25, 0.3) is 0 Å². The second-order valence-electron chi connectivity index (χ2n) is 4.78. The minimum absolute atomic E-state index is 0.146. The number of rotatable bonds is 4. The third-order valence-corrected chi connectivity index (χ3v) is 3.52. The molecule has 116 valence electrons. The molecule has 0 aliphatic carbocycles. The van der Waals surface area contributed by atoms with E-state index in [2.05, 4.69) is 15.4 Å². The van der Waals surface area contributed by atoms with Crippen molar-refractivity contribution in [2.24, 2.45) is 0 Å². The number of amides is 1. The van der Waals surface area contributed by atoms with Crippen molar-refractivity contribution in [3.63, 3.8) is 0 Å². The number of carbonyl (C=O) groups is 1. The minimum Gasteiger partial charge on any atom is -0.324 e. The monoisotopic (exact) mass is 330 g/mol. The molecule has 0 bridgehead atoms. The first-order chi connectivity index (χ1) is 11.1. The summed E-state index contributed by atoms with van der Waals surface area (Å²) >= 11 is 5.91. The molecule has 0 unspecified atom stereocenters. The van der Waals surface area contributed by atoms with Gasteiger partial charge in [-0.05, 0) is 30.3 Å². The van der Waals surface area contributed by atoms with E-state index in [4.69, 9.17) is 11.6 Å². The molecule has 5 nitrogen and oxygen atoms in total. The molecule has 2 aromatic heterocycles. The van der Waals surface area contributed by atoms with Crippen molar-refractivity contribution in [3.8, 4) is 5.82 Å². The summed E-state index contributed by atoms with van der Waals surface area (Å²) in [6, 6.07) is 9.53. The summed E-state index contributed by atoms with van der Waals surface area (Å²) in [5.74, 6) is -0.240. The first-order valence-electron chi connectivity index (χ1n) is 6.82. The molecule has 0 spiro atoms. The third kappa shape index (κ3) is 3.54. The van der Waals surface area contributed by atoms with E-state index in [-0.39, 0.29) is 22.9 Å².